The summed E-state index contributed by atoms with van der Waals surface area (Å²) in [6, 6.07) is 13.7. The van der Waals surface area contributed by atoms with Gasteiger partial charge in [-0.2, -0.15) is 0 Å². The second-order valence-corrected chi connectivity index (χ2v) is 6.23. The highest BCUT2D eigenvalue weighted by Crippen LogP contribution is 2.15. The second-order valence-electron chi connectivity index (χ2n) is 6.23. The van der Waals surface area contributed by atoms with Gasteiger partial charge in [0.2, 0.25) is 0 Å². The number of carbonyl (C=O) groups is 2. The standard InChI is InChI=1S/C20H20O3/c1-5-14-6-8-15(9-7-14)18(21)16-10-12-17(13-11-16)19(22)23-20(2,3)4/h5-13H,1H2,2-4H3. The van der Waals surface area contributed by atoms with Gasteiger partial charge in [0.05, 0.1) is 5.56 Å². The van der Waals surface area contributed by atoms with E-state index in [0.29, 0.717) is 16.7 Å². The fourth-order valence-electron chi connectivity index (χ4n) is 2.03. The summed E-state index contributed by atoms with van der Waals surface area (Å²) in [7, 11) is 0. The van der Waals surface area contributed by atoms with E-state index in [1.807, 2.05) is 32.9 Å². The van der Waals surface area contributed by atoms with Crippen LogP contribution in [-0.4, -0.2) is 17.4 Å². The van der Waals surface area contributed by atoms with Crippen molar-refractivity contribution < 1.29 is 14.3 Å². The first-order chi connectivity index (χ1) is 10.8. The number of carbonyl (C=O) groups excluding carboxylic acids is 2. The minimum absolute atomic E-state index is 0.0867. The van der Waals surface area contributed by atoms with E-state index in [-0.39, 0.29) is 5.78 Å². The van der Waals surface area contributed by atoms with Gasteiger partial charge in [-0.25, -0.2) is 4.79 Å². The molecule has 0 heterocycles. The van der Waals surface area contributed by atoms with Crippen molar-refractivity contribution in [3.8, 4) is 0 Å². The van der Waals surface area contributed by atoms with E-state index in [9.17, 15) is 9.59 Å². The highest BCUT2D eigenvalue weighted by atomic mass is 16.6. The van der Waals surface area contributed by atoms with Crippen LogP contribution in [0.2, 0.25) is 0 Å². The van der Waals surface area contributed by atoms with Crippen LogP contribution < -0.4 is 0 Å². The predicted octanol–water partition coefficient (Wildman–Crippen LogP) is 4.52. The van der Waals surface area contributed by atoms with Gasteiger partial charge < -0.3 is 4.74 Å². The lowest BCUT2D eigenvalue weighted by molar-refractivity contribution is 0.00693. The molecule has 2 aromatic carbocycles. The maximum atomic E-state index is 12.4. The Kier molecular flexibility index (Phi) is 4.80. The molecular weight excluding hydrogens is 288 g/mol. The molecule has 0 spiro atoms. The summed E-state index contributed by atoms with van der Waals surface area (Å²) in [5, 5.41) is 0. The first-order valence-electron chi connectivity index (χ1n) is 7.41. The molecule has 118 valence electrons. The summed E-state index contributed by atoms with van der Waals surface area (Å²) < 4.78 is 5.30. The first-order valence-corrected chi connectivity index (χ1v) is 7.41. The van der Waals surface area contributed by atoms with E-state index >= 15 is 0 Å². The van der Waals surface area contributed by atoms with E-state index in [0.717, 1.165) is 5.56 Å². The van der Waals surface area contributed by atoms with Gasteiger partial charge in [0, 0.05) is 11.1 Å². The highest BCUT2D eigenvalue weighted by Gasteiger charge is 2.18. The number of benzene rings is 2. The van der Waals surface area contributed by atoms with Crippen molar-refractivity contribution in [2.45, 2.75) is 26.4 Å². The quantitative estimate of drug-likeness (QED) is 0.616. The maximum Gasteiger partial charge on any atom is 0.338 e. The Morgan fingerprint density at radius 1 is 0.870 bits per heavy atom. The van der Waals surface area contributed by atoms with Crippen molar-refractivity contribution in [3.05, 3.63) is 77.4 Å². The number of rotatable bonds is 4. The molecule has 0 saturated carbocycles. The predicted molar refractivity (Wildman–Crippen MR) is 91.6 cm³/mol. The molecule has 0 bridgehead atoms. The normalized spacial score (nSPS) is 10.9. The summed E-state index contributed by atoms with van der Waals surface area (Å²) in [6.07, 6.45) is 1.73. The molecule has 0 N–H and O–H groups in total. The summed E-state index contributed by atoms with van der Waals surface area (Å²) in [6.45, 7) is 9.13. The highest BCUT2D eigenvalue weighted by molar-refractivity contribution is 6.09. The Morgan fingerprint density at radius 3 is 1.74 bits per heavy atom. The zero-order chi connectivity index (χ0) is 17.0. The molecule has 0 unspecified atom stereocenters. The minimum Gasteiger partial charge on any atom is -0.456 e. The summed E-state index contributed by atoms with van der Waals surface area (Å²) in [5.74, 6) is -0.483. The van der Waals surface area contributed by atoms with Crippen LogP contribution in [-0.2, 0) is 4.74 Å². The molecule has 23 heavy (non-hydrogen) atoms. The third-order valence-electron chi connectivity index (χ3n) is 3.19. The summed E-state index contributed by atoms with van der Waals surface area (Å²) in [4.78, 5) is 24.4. The molecule has 0 radical (unpaired) electrons. The van der Waals surface area contributed by atoms with Crippen molar-refractivity contribution in [1.29, 1.82) is 0 Å². The minimum atomic E-state index is -0.543. The Morgan fingerprint density at radius 2 is 1.30 bits per heavy atom. The number of hydrogen-bond donors (Lipinski definition) is 0. The van der Waals surface area contributed by atoms with Crippen LogP contribution >= 0.6 is 0 Å². The number of esters is 1. The van der Waals surface area contributed by atoms with Gasteiger partial charge in [-0.1, -0.05) is 49.1 Å². The lowest BCUT2D eigenvalue weighted by atomic mass is 10.0. The van der Waals surface area contributed by atoms with Crippen LogP contribution in [0, 0.1) is 0 Å². The number of ketones is 1. The van der Waals surface area contributed by atoms with Crippen LogP contribution in [0.3, 0.4) is 0 Å². The summed E-state index contributed by atoms with van der Waals surface area (Å²) in [5.41, 5.74) is 1.97. The Labute approximate surface area is 136 Å². The van der Waals surface area contributed by atoms with Crippen LogP contribution in [0.5, 0.6) is 0 Å². The fourth-order valence-corrected chi connectivity index (χ4v) is 2.03. The maximum absolute atomic E-state index is 12.4. The molecule has 0 atom stereocenters. The topological polar surface area (TPSA) is 43.4 Å². The van der Waals surface area contributed by atoms with Gasteiger partial charge in [0.15, 0.2) is 5.78 Å². The molecule has 0 aliphatic carbocycles. The molecular formula is C20H20O3. The molecule has 3 heteroatoms. The zero-order valence-electron chi connectivity index (χ0n) is 13.6. The SMILES string of the molecule is C=Cc1ccc(C(=O)c2ccc(C(=O)OC(C)(C)C)cc2)cc1. The molecule has 0 aliphatic heterocycles. The van der Waals surface area contributed by atoms with E-state index < -0.39 is 11.6 Å². The van der Waals surface area contributed by atoms with Crippen molar-refractivity contribution in [2.75, 3.05) is 0 Å². The van der Waals surface area contributed by atoms with Gasteiger partial charge in [-0.05, 0) is 38.5 Å². The van der Waals surface area contributed by atoms with E-state index in [1.165, 1.54) is 0 Å². The van der Waals surface area contributed by atoms with Gasteiger partial charge in [-0.15, -0.1) is 0 Å². The Bertz CT molecular complexity index is 717. The largest absolute Gasteiger partial charge is 0.456 e. The first kappa shape index (κ1) is 16.7. The molecule has 0 amide bonds. The third-order valence-corrected chi connectivity index (χ3v) is 3.19. The molecule has 0 saturated heterocycles. The lowest BCUT2D eigenvalue weighted by Gasteiger charge is -2.19. The average Bonchev–Trinajstić information content (AvgIpc) is 2.53. The smallest absolute Gasteiger partial charge is 0.338 e. The molecule has 3 nitrogen and oxygen atoms in total. The lowest BCUT2D eigenvalue weighted by Crippen LogP contribution is -2.23. The molecule has 0 aliphatic rings. The van der Waals surface area contributed by atoms with Gasteiger partial charge in [-0.3, -0.25) is 4.79 Å². The van der Waals surface area contributed by atoms with E-state index in [2.05, 4.69) is 6.58 Å². The number of ether oxygens (including phenoxy) is 1. The van der Waals surface area contributed by atoms with E-state index in [4.69, 9.17) is 4.74 Å². The zero-order valence-corrected chi connectivity index (χ0v) is 13.6. The van der Waals surface area contributed by atoms with Crippen molar-refractivity contribution in [2.24, 2.45) is 0 Å². The van der Waals surface area contributed by atoms with Gasteiger partial charge >= 0.3 is 5.97 Å². The fraction of sp³-hybridized carbons (Fsp3) is 0.200. The van der Waals surface area contributed by atoms with Crippen molar-refractivity contribution >= 4 is 17.8 Å². The molecule has 0 aromatic heterocycles. The Balaban J connectivity index is 2.16. The second kappa shape index (κ2) is 6.61. The van der Waals surface area contributed by atoms with Gasteiger partial charge in [0.1, 0.15) is 5.60 Å². The van der Waals surface area contributed by atoms with Crippen molar-refractivity contribution in [1.82, 2.24) is 0 Å². The van der Waals surface area contributed by atoms with Crippen LogP contribution in [0.4, 0.5) is 0 Å². The average molecular weight is 308 g/mol. The molecule has 0 fully saturated rings. The van der Waals surface area contributed by atoms with Crippen LogP contribution in [0.25, 0.3) is 6.08 Å². The van der Waals surface area contributed by atoms with Crippen molar-refractivity contribution in [3.63, 3.8) is 0 Å². The number of hydrogen-bond acceptors (Lipinski definition) is 3. The van der Waals surface area contributed by atoms with E-state index in [1.54, 1.807) is 42.5 Å². The third kappa shape index (κ3) is 4.39. The van der Waals surface area contributed by atoms with Gasteiger partial charge in [0.25, 0.3) is 0 Å². The Hall–Kier alpha value is -2.68. The van der Waals surface area contributed by atoms with Crippen LogP contribution in [0.1, 0.15) is 52.6 Å². The van der Waals surface area contributed by atoms with Crippen LogP contribution in [0.15, 0.2) is 55.1 Å². The summed E-state index contributed by atoms with van der Waals surface area (Å²) >= 11 is 0. The monoisotopic (exact) mass is 308 g/mol. The molecule has 2 aromatic rings. The molecule has 2 rings (SSSR count).